The van der Waals surface area contributed by atoms with Crippen LogP contribution in [0.3, 0.4) is 0 Å². The van der Waals surface area contributed by atoms with E-state index in [1.54, 1.807) is 0 Å². The third-order valence-corrected chi connectivity index (χ3v) is 2.77. The zero-order chi connectivity index (χ0) is 14.7. The summed E-state index contributed by atoms with van der Waals surface area (Å²) in [7, 11) is 0. The van der Waals surface area contributed by atoms with Gasteiger partial charge in [-0.15, -0.1) is 9.81 Å². The minimum atomic E-state index is -0.418. The number of nitrogens with zero attached hydrogens (tertiary/aromatic N) is 2. The van der Waals surface area contributed by atoms with Gasteiger partial charge < -0.3 is 9.68 Å². The SMILES string of the molecule is C=CC(ON=O)C(C)CC=CC(CON=O)C(=C)C. The van der Waals surface area contributed by atoms with Crippen molar-refractivity contribution in [2.75, 3.05) is 6.61 Å². The molecule has 6 nitrogen and oxygen atoms in total. The topological polar surface area (TPSA) is 77.3 Å². The fourth-order valence-corrected chi connectivity index (χ4v) is 1.49. The monoisotopic (exact) mass is 268 g/mol. The summed E-state index contributed by atoms with van der Waals surface area (Å²) in [6.07, 6.45) is 5.60. The molecule has 0 rings (SSSR count). The van der Waals surface area contributed by atoms with Crippen LogP contribution < -0.4 is 0 Å². The molecule has 0 N–H and O–H groups in total. The zero-order valence-corrected chi connectivity index (χ0v) is 11.3. The maximum atomic E-state index is 10.1. The largest absolute Gasteiger partial charge is 0.363 e. The van der Waals surface area contributed by atoms with E-state index in [0.29, 0.717) is 6.42 Å². The highest BCUT2D eigenvalue weighted by molar-refractivity contribution is 5.07. The molecule has 106 valence electrons. The van der Waals surface area contributed by atoms with Crippen molar-refractivity contribution in [1.29, 1.82) is 0 Å². The van der Waals surface area contributed by atoms with E-state index < -0.39 is 6.10 Å². The Kier molecular flexibility index (Phi) is 8.95. The highest BCUT2D eigenvalue weighted by atomic mass is 16.7. The van der Waals surface area contributed by atoms with Crippen molar-refractivity contribution in [2.24, 2.45) is 22.5 Å². The van der Waals surface area contributed by atoms with Gasteiger partial charge in [-0.25, -0.2) is 0 Å². The normalized spacial score (nSPS) is 15.3. The minimum Gasteiger partial charge on any atom is -0.363 e. The molecule has 0 aliphatic heterocycles. The molecule has 0 aromatic rings. The van der Waals surface area contributed by atoms with Crippen molar-refractivity contribution in [3.63, 3.8) is 0 Å². The lowest BCUT2D eigenvalue weighted by Gasteiger charge is -2.15. The molecule has 0 aliphatic carbocycles. The first-order valence-corrected chi connectivity index (χ1v) is 5.94. The third kappa shape index (κ3) is 7.13. The van der Waals surface area contributed by atoms with Crippen molar-refractivity contribution >= 4 is 0 Å². The van der Waals surface area contributed by atoms with Crippen LogP contribution in [0.1, 0.15) is 20.3 Å². The van der Waals surface area contributed by atoms with Crippen molar-refractivity contribution in [1.82, 2.24) is 0 Å². The van der Waals surface area contributed by atoms with Gasteiger partial charge in [-0.05, 0) is 19.4 Å². The minimum absolute atomic E-state index is 0.0577. The van der Waals surface area contributed by atoms with Crippen LogP contribution in [0.2, 0.25) is 0 Å². The Hall–Kier alpha value is -1.98. The quantitative estimate of drug-likeness (QED) is 0.325. The van der Waals surface area contributed by atoms with Crippen LogP contribution in [0.15, 0.2) is 47.6 Å². The molecular formula is C13H20N2O4. The summed E-state index contributed by atoms with van der Waals surface area (Å²) in [6.45, 7) is 11.3. The summed E-state index contributed by atoms with van der Waals surface area (Å²) in [5.41, 5.74) is 0.874. The number of hydrogen-bond donors (Lipinski definition) is 0. The first-order chi connectivity index (χ1) is 9.06. The fourth-order valence-electron chi connectivity index (χ4n) is 1.49. The van der Waals surface area contributed by atoms with E-state index in [-0.39, 0.29) is 18.4 Å². The molecule has 0 aliphatic rings. The van der Waals surface area contributed by atoms with Crippen molar-refractivity contribution in [3.8, 4) is 0 Å². The molecule has 0 fully saturated rings. The second-order valence-electron chi connectivity index (χ2n) is 4.34. The number of allylic oxidation sites excluding steroid dienone is 1. The Bertz CT molecular complexity index is 342. The smallest absolute Gasteiger partial charge is 0.155 e. The molecule has 6 heteroatoms. The molecule has 0 heterocycles. The van der Waals surface area contributed by atoms with Gasteiger partial charge in [0, 0.05) is 11.8 Å². The van der Waals surface area contributed by atoms with Crippen LogP contribution in [0, 0.1) is 21.6 Å². The second kappa shape index (κ2) is 9.99. The maximum Gasteiger partial charge on any atom is 0.155 e. The Labute approximate surface area is 113 Å². The molecule has 0 saturated heterocycles. The molecule has 19 heavy (non-hydrogen) atoms. The van der Waals surface area contributed by atoms with Crippen molar-refractivity contribution < 1.29 is 9.68 Å². The summed E-state index contributed by atoms with van der Waals surface area (Å²) in [4.78, 5) is 29.1. The molecule has 0 bridgehead atoms. The summed E-state index contributed by atoms with van der Waals surface area (Å²) < 4.78 is 0. The highest BCUT2D eigenvalue weighted by Crippen LogP contribution is 2.16. The van der Waals surface area contributed by atoms with Crippen LogP contribution in [-0.2, 0) is 9.68 Å². The van der Waals surface area contributed by atoms with Crippen LogP contribution in [0.5, 0.6) is 0 Å². The lowest BCUT2D eigenvalue weighted by molar-refractivity contribution is 0.0528. The Morgan fingerprint density at radius 3 is 2.53 bits per heavy atom. The zero-order valence-electron chi connectivity index (χ0n) is 11.3. The summed E-state index contributed by atoms with van der Waals surface area (Å²) >= 11 is 0. The Morgan fingerprint density at radius 1 is 1.37 bits per heavy atom. The molecule has 0 aromatic carbocycles. The van der Waals surface area contributed by atoms with Gasteiger partial charge in [0.25, 0.3) is 0 Å². The molecule has 0 saturated carbocycles. The van der Waals surface area contributed by atoms with Gasteiger partial charge in [0.15, 0.2) is 16.8 Å². The average Bonchev–Trinajstić information content (AvgIpc) is 2.39. The Balaban J connectivity index is 4.35. The molecule has 0 amide bonds. The predicted molar refractivity (Wildman–Crippen MR) is 73.8 cm³/mol. The van der Waals surface area contributed by atoms with Gasteiger partial charge in [-0.1, -0.05) is 37.8 Å². The van der Waals surface area contributed by atoms with Crippen LogP contribution in [-0.4, -0.2) is 12.7 Å². The lowest BCUT2D eigenvalue weighted by Crippen LogP contribution is -2.16. The van der Waals surface area contributed by atoms with Gasteiger partial charge >= 0.3 is 0 Å². The molecule has 0 aromatic heterocycles. The third-order valence-electron chi connectivity index (χ3n) is 2.77. The summed E-state index contributed by atoms with van der Waals surface area (Å²) in [5.74, 6) is -0.0143. The number of rotatable bonds is 11. The van der Waals surface area contributed by atoms with Crippen LogP contribution in [0.25, 0.3) is 0 Å². The van der Waals surface area contributed by atoms with E-state index in [9.17, 15) is 9.81 Å². The standard InChI is InChI=1S/C13H20N2O4/c1-5-13(19-15-17)11(4)7-6-8-12(10(2)3)9-18-14-16/h5-6,8,11-13H,1-2,7,9H2,3-4H3. The van der Waals surface area contributed by atoms with E-state index >= 15 is 0 Å². The van der Waals surface area contributed by atoms with Crippen LogP contribution >= 0.6 is 0 Å². The molecular weight excluding hydrogens is 248 g/mol. The summed E-state index contributed by atoms with van der Waals surface area (Å²) in [6, 6.07) is 0. The molecule has 0 radical (unpaired) electrons. The van der Waals surface area contributed by atoms with Crippen molar-refractivity contribution in [2.45, 2.75) is 26.4 Å². The van der Waals surface area contributed by atoms with E-state index in [2.05, 4.69) is 33.5 Å². The molecule has 0 spiro atoms. The van der Waals surface area contributed by atoms with Crippen molar-refractivity contribution in [3.05, 3.63) is 46.8 Å². The van der Waals surface area contributed by atoms with Gasteiger partial charge in [0.1, 0.15) is 6.61 Å². The second-order valence-corrected chi connectivity index (χ2v) is 4.34. The molecule has 3 atom stereocenters. The van der Waals surface area contributed by atoms with Crippen LogP contribution in [0.4, 0.5) is 0 Å². The number of hydrogen-bond acceptors (Lipinski definition) is 6. The highest BCUT2D eigenvalue weighted by Gasteiger charge is 2.15. The molecule has 3 unspecified atom stereocenters. The average molecular weight is 268 g/mol. The summed E-state index contributed by atoms with van der Waals surface area (Å²) in [5, 5.41) is 4.77. The van der Waals surface area contributed by atoms with Gasteiger partial charge in [0.2, 0.25) is 0 Å². The van der Waals surface area contributed by atoms with E-state index in [0.717, 1.165) is 5.57 Å². The van der Waals surface area contributed by atoms with Gasteiger partial charge in [0.05, 0.1) is 0 Å². The maximum absolute atomic E-state index is 10.1. The van der Waals surface area contributed by atoms with Gasteiger partial charge in [-0.2, -0.15) is 0 Å². The lowest BCUT2D eigenvalue weighted by atomic mass is 9.97. The Morgan fingerprint density at radius 2 is 2.05 bits per heavy atom. The first kappa shape index (κ1) is 17.0. The van der Waals surface area contributed by atoms with E-state index in [1.807, 2.05) is 26.0 Å². The fraction of sp³-hybridized carbons (Fsp3) is 0.538. The first-order valence-electron chi connectivity index (χ1n) is 5.94. The van der Waals surface area contributed by atoms with Gasteiger partial charge in [-0.3, -0.25) is 0 Å². The van der Waals surface area contributed by atoms with E-state index in [1.165, 1.54) is 6.08 Å². The van der Waals surface area contributed by atoms with E-state index in [4.69, 9.17) is 0 Å². The predicted octanol–water partition coefficient (Wildman–Crippen LogP) is 3.71.